The highest BCUT2D eigenvalue weighted by molar-refractivity contribution is 5.86. The number of nitrogens with zero attached hydrogens (tertiary/aromatic N) is 2. The van der Waals surface area contributed by atoms with Crippen LogP contribution in [0.5, 0.6) is 5.75 Å². The molecule has 0 radical (unpaired) electrons. The average molecular weight is 292 g/mol. The van der Waals surface area contributed by atoms with E-state index in [1.165, 1.54) is 23.0 Å². The van der Waals surface area contributed by atoms with E-state index in [9.17, 15) is 14.0 Å². The Kier molecular flexibility index (Phi) is 4.32. The number of esters is 1. The molecule has 110 valence electrons. The minimum atomic E-state index is -0.847. The van der Waals surface area contributed by atoms with Crippen LogP contribution in [0.15, 0.2) is 35.3 Å². The smallest absolute Gasteiger partial charge is 0.362 e. The van der Waals surface area contributed by atoms with Gasteiger partial charge in [0, 0.05) is 18.3 Å². The van der Waals surface area contributed by atoms with Crippen molar-refractivity contribution in [3.8, 4) is 11.4 Å². The van der Waals surface area contributed by atoms with Gasteiger partial charge in [-0.1, -0.05) is 0 Å². The summed E-state index contributed by atoms with van der Waals surface area (Å²) in [6.07, 6.45) is 1.34. The number of ether oxygens (including phenoxy) is 2. The quantitative estimate of drug-likeness (QED) is 0.800. The van der Waals surface area contributed by atoms with E-state index in [-0.39, 0.29) is 11.4 Å². The molecule has 0 atom stereocenters. The molecule has 7 heteroatoms. The third kappa shape index (κ3) is 3.07. The zero-order valence-electron chi connectivity index (χ0n) is 11.5. The van der Waals surface area contributed by atoms with Crippen LogP contribution in [-0.2, 0) is 4.74 Å². The molecule has 0 aliphatic heterocycles. The van der Waals surface area contributed by atoms with Gasteiger partial charge in [-0.05, 0) is 19.1 Å². The second kappa shape index (κ2) is 6.17. The molecular formula is C14H13FN2O4. The van der Waals surface area contributed by atoms with Gasteiger partial charge in [0.2, 0.25) is 11.1 Å². The topological polar surface area (TPSA) is 70.4 Å². The van der Waals surface area contributed by atoms with Gasteiger partial charge in [0.25, 0.3) is 0 Å². The third-order valence-electron chi connectivity index (χ3n) is 2.67. The number of rotatable bonds is 4. The van der Waals surface area contributed by atoms with E-state index in [0.717, 1.165) is 13.2 Å². The van der Waals surface area contributed by atoms with Crippen molar-refractivity contribution in [2.24, 2.45) is 0 Å². The fraction of sp³-hybridized carbons (Fsp3) is 0.214. The highest BCUT2D eigenvalue weighted by atomic mass is 19.1. The second-order valence-corrected chi connectivity index (χ2v) is 4.01. The zero-order chi connectivity index (χ0) is 15.4. The maximum absolute atomic E-state index is 13.8. The van der Waals surface area contributed by atoms with Crippen LogP contribution in [-0.4, -0.2) is 29.5 Å². The summed E-state index contributed by atoms with van der Waals surface area (Å²) in [4.78, 5) is 23.0. The molecule has 0 saturated heterocycles. The van der Waals surface area contributed by atoms with Crippen molar-refractivity contribution in [3.05, 3.63) is 52.2 Å². The summed E-state index contributed by atoms with van der Waals surface area (Å²) < 4.78 is 24.6. The van der Waals surface area contributed by atoms with Crippen molar-refractivity contribution in [2.45, 2.75) is 6.92 Å². The van der Waals surface area contributed by atoms with Gasteiger partial charge >= 0.3 is 5.97 Å². The first-order chi connectivity index (χ1) is 10.1. The highest BCUT2D eigenvalue weighted by Crippen LogP contribution is 2.19. The first-order valence-electron chi connectivity index (χ1n) is 6.17. The van der Waals surface area contributed by atoms with Gasteiger partial charge in [0.15, 0.2) is 11.6 Å². The van der Waals surface area contributed by atoms with Crippen LogP contribution < -0.4 is 10.2 Å². The molecule has 0 spiro atoms. The molecule has 0 bridgehead atoms. The maximum Gasteiger partial charge on any atom is 0.362 e. The van der Waals surface area contributed by atoms with Crippen molar-refractivity contribution in [1.29, 1.82) is 0 Å². The molecule has 0 aliphatic carbocycles. The van der Waals surface area contributed by atoms with E-state index in [0.29, 0.717) is 12.3 Å². The minimum absolute atomic E-state index is 0.121. The Morgan fingerprint density at radius 3 is 2.76 bits per heavy atom. The van der Waals surface area contributed by atoms with Crippen LogP contribution in [0, 0.1) is 5.82 Å². The molecule has 21 heavy (non-hydrogen) atoms. The van der Waals surface area contributed by atoms with Gasteiger partial charge < -0.3 is 9.47 Å². The predicted octanol–water partition coefficient (Wildman–Crippen LogP) is 1.56. The lowest BCUT2D eigenvalue weighted by Crippen LogP contribution is -2.21. The fourth-order valence-electron chi connectivity index (χ4n) is 1.69. The maximum atomic E-state index is 13.8. The first-order valence-corrected chi connectivity index (χ1v) is 6.17. The average Bonchev–Trinajstić information content (AvgIpc) is 2.49. The Bertz CT molecular complexity index is 727. The summed E-state index contributed by atoms with van der Waals surface area (Å²) in [5.74, 6) is -1.29. The van der Waals surface area contributed by atoms with E-state index < -0.39 is 17.2 Å². The Morgan fingerprint density at radius 1 is 1.38 bits per heavy atom. The van der Waals surface area contributed by atoms with Crippen LogP contribution in [0.25, 0.3) is 5.69 Å². The molecule has 0 unspecified atom stereocenters. The summed E-state index contributed by atoms with van der Waals surface area (Å²) in [5, 5.41) is 3.85. The van der Waals surface area contributed by atoms with Crippen molar-refractivity contribution in [1.82, 2.24) is 9.78 Å². The number of hydrogen-bond donors (Lipinski definition) is 0. The molecule has 0 aliphatic rings. The molecule has 6 nitrogen and oxygen atoms in total. The Hall–Kier alpha value is -2.70. The number of aromatic nitrogens is 2. The molecule has 2 rings (SSSR count). The van der Waals surface area contributed by atoms with Crippen molar-refractivity contribution in [2.75, 3.05) is 13.7 Å². The number of halogens is 1. The van der Waals surface area contributed by atoms with E-state index in [1.807, 2.05) is 0 Å². The molecule has 1 heterocycles. The molecule has 0 N–H and O–H groups in total. The fourth-order valence-corrected chi connectivity index (χ4v) is 1.69. The van der Waals surface area contributed by atoms with Crippen molar-refractivity contribution >= 4 is 5.97 Å². The highest BCUT2D eigenvalue weighted by Gasteiger charge is 2.14. The molecule has 2 aromatic rings. The molecular weight excluding hydrogens is 279 g/mol. The number of carbonyl (C=O) groups is 1. The summed E-state index contributed by atoms with van der Waals surface area (Å²) in [7, 11) is 1.15. The monoisotopic (exact) mass is 292 g/mol. The van der Waals surface area contributed by atoms with Crippen LogP contribution in [0.2, 0.25) is 0 Å². The molecule has 1 aromatic carbocycles. The Labute approximate surface area is 119 Å². The molecule has 0 amide bonds. The predicted molar refractivity (Wildman–Crippen MR) is 72.3 cm³/mol. The van der Waals surface area contributed by atoms with E-state index in [4.69, 9.17) is 4.74 Å². The van der Waals surface area contributed by atoms with Crippen molar-refractivity contribution in [3.63, 3.8) is 0 Å². The van der Waals surface area contributed by atoms with Gasteiger partial charge in [-0.25, -0.2) is 13.9 Å². The van der Waals surface area contributed by atoms with Gasteiger partial charge in [0.05, 0.1) is 19.4 Å². The van der Waals surface area contributed by atoms with Gasteiger partial charge in [0.1, 0.15) is 0 Å². The lowest BCUT2D eigenvalue weighted by atomic mass is 10.3. The number of hydrogen-bond acceptors (Lipinski definition) is 5. The summed E-state index contributed by atoms with van der Waals surface area (Å²) in [6, 6.07) is 5.37. The standard InChI is InChI=1S/C14H13FN2O4/c1-3-21-12-5-4-9(8-10(12)15)17-7-6-11(18)13(16-17)14(19)20-2/h4-8H,3H2,1-2H3. The lowest BCUT2D eigenvalue weighted by Gasteiger charge is -2.09. The third-order valence-corrected chi connectivity index (χ3v) is 2.67. The van der Waals surface area contributed by atoms with E-state index in [2.05, 4.69) is 9.84 Å². The van der Waals surface area contributed by atoms with Crippen LogP contribution in [0.1, 0.15) is 17.4 Å². The van der Waals surface area contributed by atoms with E-state index in [1.54, 1.807) is 13.0 Å². The SMILES string of the molecule is CCOc1ccc(-n2ccc(=O)c(C(=O)OC)n2)cc1F. The number of methoxy groups -OCH3 is 1. The normalized spacial score (nSPS) is 10.2. The summed E-state index contributed by atoms with van der Waals surface area (Å²) in [5.41, 5.74) is -0.583. The zero-order valence-corrected chi connectivity index (χ0v) is 11.5. The van der Waals surface area contributed by atoms with E-state index >= 15 is 0 Å². The summed E-state index contributed by atoms with van der Waals surface area (Å²) in [6.45, 7) is 2.10. The van der Waals surface area contributed by atoms with Crippen LogP contribution in [0.4, 0.5) is 4.39 Å². The van der Waals surface area contributed by atoms with Crippen LogP contribution >= 0.6 is 0 Å². The lowest BCUT2D eigenvalue weighted by molar-refractivity contribution is 0.0590. The first kappa shape index (κ1) is 14.7. The van der Waals surface area contributed by atoms with Crippen LogP contribution in [0.3, 0.4) is 0 Å². The minimum Gasteiger partial charge on any atom is -0.491 e. The second-order valence-electron chi connectivity index (χ2n) is 4.01. The van der Waals surface area contributed by atoms with Gasteiger partial charge in [-0.3, -0.25) is 4.79 Å². The largest absolute Gasteiger partial charge is 0.491 e. The Morgan fingerprint density at radius 2 is 2.14 bits per heavy atom. The van der Waals surface area contributed by atoms with Gasteiger partial charge in [-0.15, -0.1) is 0 Å². The number of benzene rings is 1. The molecule has 0 saturated carbocycles. The number of carbonyl (C=O) groups excluding carboxylic acids is 1. The molecule has 1 aromatic heterocycles. The van der Waals surface area contributed by atoms with Crippen molar-refractivity contribution < 1.29 is 18.7 Å². The Balaban J connectivity index is 2.45. The molecule has 0 fully saturated rings. The summed E-state index contributed by atoms with van der Waals surface area (Å²) >= 11 is 0. The van der Waals surface area contributed by atoms with Gasteiger partial charge in [-0.2, -0.15) is 5.10 Å².